The van der Waals surface area contributed by atoms with Crippen LogP contribution in [0.5, 0.6) is 5.75 Å². The van der Waals surface area contributed by atoms with Crippen molar-refractivity contribution < 1.29 is 23.4 Å². The molecule has 174 valence electrons. The maximum atomic E-state index is 15.1. The van der Waals surface area contributed by atoms with Crippen molar-refractivity contribution in [3.63, 3.8) is 0 Å². The van der Waals surface area contributed by atoms with E-state index in [0.717, 1.165) is 16.1 Å². The van der Waals surface area contributed by atoms with E-state index in [4.69, 9.17) is 4.74 Å². The Balaban J connectivity index is 1.67. The van der Waals surface area contributed by atoms with Gasteiger partial charge in [0.2, 0.25) is 0 Å². The van der Waals surface area contributed by atoms with E-state index in [9.17, 15) is 19.1 Å². The Hall–Kier alpha value is -3.20. The number of pyridine rings is 1. The molecule has 2 unspecified atom stereocenters. The molecular formula is C24H19F2N3O4Se. The van der Waals surface area contributed by atoms with E-state index in [1.807, 2.05) is 29.3 Å². The number of carbonyl (C=O) groups excluding carboxylic acids is 1. The molecule has 0 saturated carbocycles. The number of rotatable bonds is 1. The fraction of sp³-hybridized carbons (Fsp3) is 0.250. The molecule has 34 heavy (non-hydrogen) atoms. The van der Waals surface area contributed by atoms with Gasteiger partial charge in [0.05, 0.1) is 0 Å². The summed E-state index contributed by atoms with van der Waals surface area (Å²) in [5.41, 5.74) is 0.964. The van der Waals surface area contributed by atoms with Gasteiger partial charge in [0.25, 0.3) is 0 Å². The van der Waals surface area contributed by atoms with Crippen molar-refractivity contribution in [2.45, 2.75) is 17.5 Å². The Kier molecular flexibility index (Phi) is 4.98. The predicted molar refractivity (Wildman–Crippen MR) is 120 cm³/mol. The topological polar surface area (TPSA) is 75.0 Å². The van der Waals surface area contributed by atoms with Gasteiger partial charge in [0.1, 0.15) is 0 Å². The standard InChI is InChI=1S/C24H19F2N3O4Se/c25-16-6-5-13-15(20(16)26)12-34-18-4-2-1-3-14(18)21(13)29-19-11-33-10-9-27(19)24(32)22-23(31)17(30)7-8-28(22)29/h1-8,19,21,31H,9-12H2. The average Bonchev–Trinajstić information content (AvgIpc) is 3.01. The van der Waals surface area contributed by atoms with Gasteiger partial charge < -0.3 is 0 Å². The zero-order valence-electron chi connectivity index (χ0n) is 17.8. The van der Waals surface area contributed by atoms with E-state index in [0.29, 0.717) is 23.1 Å². The summed E-state index contributed by atoms with van der Waals surface area (Å²) in [5.74, 6) is -2.89. The molecule has 1 amide bonds. The normalized spacial score (nSPS) is 21.3. The number of hydrogen-bond acceptors (Lipinski definition) is 5. The molecule has 7 nitrogen and oxygen atoms in total. The van der Waals surface area contributed by atoms with Crippen LogP contribution in [0, 0.1) is 11.6 Å². The van der Waals surface area contributed by atoms with Crippen LogP contribution >= 0.6 is 0 Å². The van der Waals surface area contributed by atoms with Crippen LogP contribution in [0.25, 0.3) is 0 Å². The average molecular weight is 530 g/mol. The second kappa shape index (κ2) is 7.94. The minimum atomic E-state index is -0.905. The molecule has 1 N–H and O–H groups in total. The van der Waals surface area contributed by atoms with E-state index in [1.165, 1.54) is 16.9 Å². The number of amides is 1. The van der Waals surface area contributed by atoms with Crippen molar-refractivity contribution in [2.24, 2.45) is 0 Å². The van der Waals surface area contributed by atoms with Crippen molar-refractivity contribution in [1.29, 1.82) is 0 Å². The molecule has 0 radical (unpaired) electrons. The molecule has 0 bridgehead atoms. The number of ether oxygens (including phenoxy) is 1. The third-order valence-corrected chi connectivity index (χ3v) is 8.89. The van der Waals surface area contributed by atoms with Gasteiger partial charge in [-0.3, -0.25) is 0 Å². The van der Waals surface area contributed by atoms with Crippen LogP contribution < -0.4 is 14.9 Å². The first kappa shape index (κ1) is 21.3. The number of fused-ring (bicyclic) bond motifs is 4. The van der Waals surface area contributed by atoms with E-state index < -0.39 is 40.9 Å². The van der Waals surface area contributed by atoms with E-state index in [2.05, 4.69) is 0 Å². The number of aromatic nitrogens is 1. The predicted octanol–water partition coefficient (Wildman–Crippen LogP) is 1.21. The van der Waals surface area contributed by atoms with Gasteiger partial charge in [-0.2, -0.15) is 0 Å². The molecule has 3 aromatic rings. The summed E-state index contributed by atoms with van der Waals surface area (Å²) in [7, 11) is 0. The van der Waals surface area contributed by atoms with E-state index in [-0.39, 0.29) is 33.8 Å². The Bertz CT molecular complexity index is 1400. The first-order chi connectivity index (χ1) is 16.5. The molecule has 10 heteroatoms. The van der Waals surface area contributed by atoms with Crippen molar-refractivity contribution in [3.05, 3.63) is 92.9 Å². The van der Waals surface area contributed by atoms with Gasteiger partial charge in [-0.25, -0.2) is 0 Å². The van der Waals surface area contributed by atoms with Crippen LogP contribution in [0.2, 0.25) is 0 Å². The van der Waals surface area contributed by atoms with Crippen LogP contribution in [0.4, 0.5) is 8.78 Å². The van der Waals surface area contributed by atoms with Gasteiger partial charge >= 0.3 is 199 Å². The number of hydrogen-bond donors (Lipinski definition) is 1. The molecule has 3 aliphatic rings. The molecular weight excluding hydrogens is 511 g/mol. The van der Waals surface area contributed by atoms with Crippen LogP contribution in [0.1, 0.15) is 33.2 Å². The Morgan fingerprint density at radius 3 is 2.74 bits per heavy atom. The van der Waals surface area contributed by atoms with Gasteiger partial charge in [-0.15, -0.1) is 0 Å². The summed E-state index contributed by atoms with van der Waals surface area (Å²) in [6, 6.07) is 11.0. The van der Waals surface area contributed by atoms with Crippen molar-refractivity contribution in [2.75, 3.05) is 24.8 Å². The molecule has 6 rings (SSSR count). The SMILES string of the molecule is O=C1c2c(O)c(=O)ccn2N(C2c3ccccc3[Se]Cc3c2ccc(F)c3F)C2COCCN12. The summed E-state index contributed by atoms with van der Waals surface area (Å²) in [6.45, 7) is 0.765. The van der Waals surface area contributed by atoms with Crippen LogP contribution in [-0.4, -0.2) is 61.5 Å². The van der Waals surface area contributed by atoms with Crippen LogP contribution in [0.15, 0.2) is 53.5 Å². The number of nitrogens with zero attached hydrogens (tertiary/aromatic N) is 3. The molecule has 1 fully saturated rings. The second-order valence-electron chi connectivity index (χ2n) is 8.31. The Morgan fingerprint density at radius 2 is 1.88 bits per heavy atom. The molecule has 2 aromatic carbocycles. The summed E-state index contributed by atoms with van der Waals surface area (Å²) in [6.07, 6.45) is 0.861. The zero-order chi connectivity index (χ0) is 23.6. The van der Waals surface area contributed by atoms with Gasteiger partial charge in [-0.05, 0) is 0 Å². The van der Waals surface area contributed by atoms with Crippen molar-refractivity contribution in [1.82, 2.24) is 9.58 Å². The number of aromatic hydroxyl groups is 1. The summed E-state index contributed by atoms with van der Waals surface area (Å²) < 4.78 is 37.6. The Morgan fingerprint density at radius 1 is 1.06 bits per heavy atom. The number of halogens is 2. The second-order valence-corrected chi connectivity index (χ2v) is 10.4. The number of benzene rings is 2. The third kappa shape index (κ3) is 3.02. The minimum absolute atomic E-state index is 0.151. The zero-order valence-corrected chi connectivity index (χ0v) is 19.5. The molecule has 4 heterocycles. The quantitative estimate of drug-likeness (QED) is 0.479. The number of morpholine rings is 1. The monoisotopic (exact) mass is 531 g/mol. The van der Waals surface area contributed by atoms with E-state index >= 15 is 4.39 Å². The summed E-state index contributed by atoms with van der Waals surface area (Å²) in [5, 5.41) is 12.8. The van der Waals surface area contributed by atoms with Crippen LogP contribution in [0.3, 0.4) is 0 Å². The Labute approximate surface area is 199 Å². The summed E-state index contributed by atoms with van der Waals surface area (Å²) >= 11 is -0.155. The summed E-state index contributed by atoms with van der Waals surface area (Å²) in [4.78, 5) is 27.1. The van der Waals surface area contributed by atoms with Gasteiger partial charge in [-0.1, -0.05) is 0 Å². The number of carbonyl (C=O) groups is 1. The van der Waals surface area contributed by atoms with Gasteiger partial charge in [0.15, 0.2) is 0 Å². The third-order valence-electron chi connectivity index (χ3n) is 6.55. The fourth-order valence-electron chi connectivity index (χ4n) is 4.98. The molecule has 1 saturated heterocycles. The first-order valence-electron chi connectivity index (χ1n) is 10.8. The molecule has 0 aliphatic carbocycles. The molecule has 3 aliphatic heterocycles. The van der Waals surface area contributed by atoms with Crippen molar-refractivity contribution in [3.8, 4) is 5.75 Å². The van der Waals surface area contributed by atoms with Gasteiger partial charge in [0, 0.05) is 0 Å². The first-order valence-corrected chi connectivity index (χ1v) is 12.8. The van der Waals surface area contributed by atoms with Crippen LogP contribution in [-0.2, 0) is 10.1 Å². The maximum absolute atomic E-state index is 15.1. The molecule has 0 spiro atoms. The van der Waals surface area contributed by atoms with Crippen molar-refractivity contribution >= 4 is 25.3 Å². The van der Waals surface area contributed by atoms with E-state index in [1.54, 1.807) is 11.0 Å². The molecule has 1 aromatic heterocycles. The fourth-order valence-corrected chi connectivity index (χ4v) is 7.32. The molecule has 2 atom stereocenters.